The molecule has 2 aliphatic heterocycles. The van der Waals surface area contributed by atoms with E-state index in [2.05, 4.69) is 31.7 Å². The highest BCUT2D eigenvalue weighted by atomic mass is 35.5. The van der Waals surface area contributed by atoms with E-state index >= 15 is 0 Å². The molecule has 4 heterocycles. The third kappa shape index (κ3) is 4.23. The quantitative estimate of drug-likeness (QED) is 0.297. The summed E-state index contributed by atoms with van der Waals surface area (Å²) >= 11 is 6.12. The van der Waals surface area contributed by atoms with Gasteiger partial charge in [-0.1, -0.05) is 17.7 Å². The van der Waals surface area contributed by atoms with Gasteiger partial charge in [-0.3, -0.25) is 10.1 Å². The SMILES string of the molecule is O=C1NC(=O)/C(=C/c2cnn3c(NC4CCNCC4)cc(Nc4cccc(Cl)c4)nc23)N1. The lowest BCUT2D eigenvalue weighted by Gasteiger charge is -2.25. The number of carbonyl (C=O) groups excluding carboxylic acids is 2. The van der Waals surface area contributed by atoms with Gasteiger partial charge in [-0.25, -0.2) is 9.78 Å². The van der Waals surface area contributed by atoms with Crippen LogP contribution in [0, 0.1) is 0 Å². The summed E-state index contributed by atoms with van der Waals surface area (Å²) in [5, 5.41) is 20.0. The van der Waals surface area contributed by atoms with Crippen molar-refractivity contribution in [3.8, 4) is 0 Å². The van der Waals surface area contributed by atoms with E-state index in [-0.39, 0.29) is 5.70 Å². The van der Waals surface area contributed by atoms with Gasteiger partial charge in [0.2, 0.25) is 0 Å². The van der Waals surface area contributed by atoms with Crippen LogP contribution in [-0.2, 0) is 4.79 Å². The van der Waals surface area contributed by atoms with E-state index in [1.54, 1.807) is 22.9 Å². The Labute approximate surface area is 188 Å². The number of nitrogens with zero attached hydrogens (tertiary/aromatic N) is 3. The van der Waals surface area contributed by atoms with Gasteiger partial charge in [0.15, 0.2) is 5.65 Å². The molecule has 32 heavy (non-hydrogen) atoms. The van der Waals surface area contributed by atoms with E-state index in [1.165, 1.54) is 0 Å². The Hall–Kier alpha value is -3.63. The number of piperidine rings is 1. The maximum absolute atomic E-state index is 12.0. The monoisotopic (exact) mass is 452 g/mol. The topological polar surface area (TPSA) is 124 Å². The standard InChI is InChI=1S/C21H21ClN8O2/c22-13-2-1-3-15(9-13)25-17-10-18(26-14-4-6-23-7-5-14)30-19(28-17)12(11-24-30)8-16-20(31)29-21(32)27-16/h1-3,8-11,14,23,26H,4-7H2,(H,25,28)(H2,27,29,31,32)/b16-8-. The highest BCUT2D eigenvalue weighted by molar-refractivity contribution is 6.30. The van der Waals surface area contributed by atoms with Gasteiger partial charge < -0.3 is 21.3 Å². The molecular weight excluding hydrogens is 432 g/mol. The molecule has 2 saturated heterocycles. The molecule has 10 nitrogen and oxygen atoms in total. The van der Waals surface area contributed by atoms with Crippen molar-refractivity contribution in [3.63, 3.8) is 0 Å². The number of imide groups is 1. The maximum Gasteiger partial charge on any atom is 0.326 e. The molecule has 0 atom stereocenters. The molecule has 5 rings (SSSR count). The van der Waals surface area contributed by atoms with E-state index in [4.69, 9.17) is 16.6 Å². The van der Waals surface area contributed by atoms with Crippen molar-refractivity contribution in [3.05, 3.63) is 52.8 Å². The highest BCUT2D eigenvalue weighted by Gasteiger charge is 2.24. The van der Waals surface area contributed by atoms with Crippen LogP contribution in [0.5, 0.6) is 0 Å². The van der Waals surface area contributed by atoms with Gasteiger partial charge in [-0.15, -0.1) is 0 Å². The second kappa shape index (κ2) is 8.48. The van der Waals surface area contributed by atoms with Crippen molar-refractivity contribution in [2.75, 3.05) is 23.7 Å². The molecule has 0 radical (unpaired) electrons. The molecule has 2 aliphatic rings. The number of nitrogens with one attached hydrogen (secondary N) is 5. The van der Waals surface area contributed by atoms with Crippen LogP contribution >= 0.6 is 11.6 Å². The zero-order valence-electron chi connectivity index (χ0n) is 17.0. The third-order valence-corrected chi connectivity index (χ3v) is 5.54. The first-order chi connectivity index (χ1) is 15.5. The van der Waals surface area contributed by atoms with Crippen LogP contribution in [0.4, 0.5) is 22.1 Å². The Morgan fingerprint density at radius 1 is 1.16 bits per heavy atom. The van der Waals surface area contributed by atoms with Crippen LogP contribution in [0.2, 0.25) is 5.02 Å². The number of urea groups is 1. The fourth-order valence-corrected chi connectivity index (χ4v) is 3.97. The number of hydrogen-bond donors (Lipinski definition) is 5. The summed E-state index contributed by atoms with van der Waals surface area (Å²) in [6.45, 7) is 1.90. The van der Waals surface area contributed by atoms with Crippen LogP contribution in [-0.4, -0.2) is 45.7 Å². The van der Waals surface area contributed by atoms with Gasteiger partial charge in [0.25, 0.3) is 5.91 Å². The first-order valence-electron chi connectivity index (χ1n) is 10.3. The number of hydrogen-bond acceptors (Lipinski definition) is 7. The number of benzene rings is 1. The number of anilines is 3. The Bertz CT molecular complexity index is 1230. The molecule has 0 saturated carbocycles. The largest absolute Gasteiger partial charge is 0.367 e. The van der Waals surface area contributed by atoms with Crippen molar-refractivity contribution < 1.29 is 9.59 Å². The van der Waals surface area contributed by atoms with E-state index in [9.17, 15) is 9.59 Å². The van der Waals surface area contributed by atoms with Crippen LogP contribution in [0.3, 0.4) is 0 Å². The third-order valence-electron chi connectivity index (χ3n) is 5.31. The minimum Gasteiger partial charge on any atom is -0.367 e. The maximum atomic E-state index is 12.0. The van der Waals surface area contributed by atoms with Gasteiger partial charge in [-0.05, 0) is 50.2 Å². The summed E-state index contributed by atoms with van der Waals surface area (Å²) in [5.41, 5.74) is 2.08. The molecule has 164 valence electrons. The van der Waals surface area contributed by atoms with Crippen molar-refractivity contribution >= 4 is 52.6 Å². The first kappa shape index (κ1) is 20.3. The van der Waals surface area contributed by atoms with Crippen molar-refractivity contribution in [2.24, 2.45) is 0 Å². The lowest BCUT2D eigenvalue weighted by atomic mass is 10.1. The normalized spacial score (nSPS) is 18.1. The fourth-order valence-electron chi connectivity index (χ4n) is 3.78. The Morgan fingerprint density at radius 3 is 2.75 bits per heavy atom. The lowest BCUT2D eigenvalue weighted by molar-refractivity contribution is -0.115. The average molecular weight is 453 g/mol. The molecule has 3 amide bonds. The minimum atomic E-state index is -0.553. The van der Waals surface area contributed by atoms with Crippen molar-refractivity contribution in [1.82, 2.24) is 30.5 Å². The molecule has 5 N–H and O–H groups in total. The van der Waals surface area contributed by atoms with E-state index in [0.717, 1.165) is 37.4 Å². The number of fused-ring (bicyclic) bond motifs is 1. The average Bonchev–Trinajstić information content (AvgIpc) is 3.31. The van der Waals surface area contributed by atoms with Gasteiger partial charge in [0, 0.05) is 28.4 Å². The summed E-state index contributed by atoms with van der Waals surface area (Å²) in [5.74, 6) is 0.878. The number of carbonyl (C=O) groups is 2. The summed E-state index contributed by atoms with van der Waals surface area (Å²) < 4.78 is 1.70. The summed E-state index contributed by atoms with van der Waals surface area (Å²) in [6.07, 6.45) is 5.16. The molecule has 3 aromatic rings. The van der Waals surface area contributed by atoms with Crippen LogP contribution in [0.25, 0.3) is 11.7 Å². The Balaban J connectivity index is 1.55. The number of amides is 3. The minimum absolute atomic E-state index is 0.146. The van der Waals surface area contributed by atoms with E-state index < -0.39 is 11.9 Å². The predicted molar refractivity (Wildman–Crippen MR) is 122 cm³/mol. The molecule has 2 aromatic heterocycles. The van der Waals surface area contributed by atoms with Crippen molar-refractivity contribution in [2.45, 2.75) is 18.9 Å². The molecule has 11 heteroatoms. The van der Waals surface area contributed by atoms with Crippen LogP contribution in [0.15, 0.2) is 42.2 Å². The van der Waals surface area contributed by atoms with Crippen molar-refractivity contribution in [1.29, 1.82) is 0 Å². The van der Waals surface area contributed by atoms with Gasteiger partial charge in [0.05, 0.1) is 6.20 Å². The molecule has 1 aromatic carbocycles. The summed E-state index contributed by atoms with van der Waals surface area (Å²) in [7, 11) is 0. The molecule has 0 spiro atoms. The van der Waals surface area contributed by atoms with Crippen LogP contribution < -0.4 is 26.6 Å². The van der Waals surface area contributed by atoms with Gasteiger partial charge in [-0.2, -0.15) is 9.61 Å². The lowest BCUT2D eigenvalue weighted by Crippen LogP contribution is -2.35. The Morgan fingerprint density at radius 2 is 2.00 bits per heavy atom. The van der Waals surface area contributed by atoms with E-state index in [1.807, 2.05) is 24.3 Å². The smallest absolute Gasteiger partial charge is 0.326 e. The number of rotatable bonds is 5. The predicted octanol–water partition coefficient (Wildman–Crippen LogP) is 2.47. The molecule has 0 bridgehead atoms. The number of aromatic nitrogens is 3. The molecular formula is C21H21ClN8O2. The summed E-state index contributed by atoms with van der Waals surface area (Å²) in [6, 6.07) is 9.00. The molecule has 0 aliphatic carbocycles. The van der Waals surface area contributed by atoms with E-state index in [0.29, 0.717) is 28.1 Å². The van der Waals surface area contributed by atoms with Crippen LogP contribution in [0.1, 0.15) is 18.4 Å². The fraction of sp³-hybridized carbons (Fsp3) is 0.238. The van der Waals surface area contributed by atoms with Gasteiger partial charge >= 0.3 is 6.03 Å². The zero-order valence-corrected chi connectivity index (χ0v) is 17.7. The Kier molecular flexibility index (Phi) is 5.38. The highest BCUT2D eigenvalue weighted by Crippen LogP contribution is 2.25. The molecule has 2 fully saturated rings. The second-order valence-corrected chi connectivity index (χ2v) is 8.07. The zero-order chi connectivity index (χ0) is 22.1. The molecule has 0 unspecified atom stereocenters. The second-order valence-electron chi connectivity index (χ2n) is 7.63. The first-order valence-corrected chi connectivity index (χ1v) is 10.7. The number of halogens is 1. The summed E-state index contributed by atoms with van der Waals surface area (Å²) in [4.78, 5) is 28.1. The van der Waals surface area contributed by atoms with Gasteiger partial charge in [0.1, 0.15) is 17.3 Å².